The zero-order chi connectivity index (χ0) is 41.8. The predicted octanol–water partition coefficient (Wildman–Crippen LogP) is 13.8. The molecule has 296 valence electrons. The summed E-state index contributed by atoms with van der Waals surface area (Å²) in [5.74, 6) is 1.84. The molecule has 3 aliphatic rings. The number of fused-ring (bicyclic) bond motifs is 11. The Labute approximate surface area is 368 Å². The molecule has 1 aliphatic carbocycles. The molecule has 0 saturated carbocycles. The van der Waals surface area contributed by atoms with E-state index in [0.29, 0.717) is 0 Å². The predicted molar refractivity (Wildman–Crippen MR) is 265 cm³/mol. The van der Waals surface area contributed by atoms with Crippen LogP contribution in [0.4, 0.5) is 34.1 Å². The van der Waals surface area contributed by atoms with Crippen LogP contribution >= 0.6 is 0 Å². The first kappa shape index (κ1) is 35.9. The fourth-order valence-electron chi connectivity index (χ4n) is 11.0. The molecule has 2 aliphatic heterocycles. The average Bonchev–Trinajstić information content (AvgIpc) is 3.56. The average molecular weight is 805 g/mol. The van der Waals surface area contributed by atoms with Gasteiger partial charge in [-0.25, -0.2) is 0 Å². The third-order valence-corrected chi connectivity index (χ3v) is 13.9. The Hall–Kier alpha value is -7.82. The summed E-state index contributed by atoms with van der Waals surface area (Å²) < 4.78 is 7.14. The van der Waals surface area contributed by atoms with Crippen LogP contribution in [0.3, 0.4) is 0 Å². The molecule has 4 heteroatoms. The van der Waals surface area contributed by atoms with E-state index >= 15 is 0 Å². The molecule has 0 saturated heterocycles. The second kappa shape index (κ2) is 13.6. The third-order valence-electron chi connectivity index (χ3n) is 13.9. The Bertz CT molecular complexity index is 3460. The van der Waals surface area contributed by atoms with Gasteiger partial charge in [-0.15, -0.1) is 0 Å². The molecule has 0 unspecified atom stereocenters. The lowest BCUT2D eigenvalue weighted by molar-refractivity contribution is 0.487. The summed E-state index contributed by atoms with van der Waals surface area (Å²) in [7, 11) is 0. The van der Waals surface area contributed by atoms with Crippen molar-refractivity contribution >= 4 is 78.8 Å². The highest BCUT2D eigenvalue weighted by molar-refractivity contribution is 7.00. The number of para-hydroxylation sites is 2. The minimum Gasteiger partial charge on any atom is -0.458 e. The van der Waals surface area contributed by atoms with Gasteiger partial charge in [-0.05, 0) is 133 Å². The summed E-state index contributed by atoms with van der Waals surface area (Å²) in [4.78, 5) is 4.87. The molecular weight excluding hydrogens is 763 g/mol. The van der Waals surface area contributed by atoms with Gasteiger partial charge in [0.15, 0.2) is 0 Å². The first-order valence-electron chi connectivity index (χ1n) is 22.0. The van der Waals surface area contributed by atoms with E-state index in [4.69, 9.17) is 4.74 Å². The van der Waals surface area contributed by atoms with Crippen LogP contribution in [0.2, 0.25) is 0 Å². The van der Waals surface area contributed by atoms with E-state index in [-0.39, 0.29) is 12.1 Å². The summed E-state index contributed by atoms with van der Waals surface area (Å²) >= 11 is 0. The molecule has 0 fully saturated rings. The van der Waals surface area contributed by atoms with Crippen molar-refractivity contribution in [3.63, 3.8) is 0 Å². The number of ether oxygens (including phenoxy) is 1. The Morgan fingerprint density at radius 3 is 1.89 bits per heavy atom. The van der Waals surface area contributed by atoms with Crippen molar-refractivity contribution in [1.82, 2.24) is 0 Å². The van der Waals surface area contributed by atoms with Gasteiger partial charge in [-0.1, -0.05) is 159 Å². The van der Waals surface area contributed by atoms with Crippen LogP contribution < -0.4 is 30.9 Å². The van der Waals surface area contributed by atoms with E-state index in [1.54, 1.807) is 0 Å². The van der Waals surface area contributed by atoms with E-state index < -0.39 is 0 Å². The molecule has 0 amide bonds. The van der Waals surface area contributed by atoms with Crippen molar-refractivity contribution in [3.05, 3.63) is 223 Å². The molecule has 0 aromatic heterocycles. The summed E-state index contributed by atoms with van der Waals surface area (Å²) in [6.07, 6.45) is 0. The molecule has 63 heavy (non-hydrogen) atoms. The van der Waals surface area contributed by atoms with Gasteiger partial charge < -0.3 is 14.5 Å². The zero-order valence-electron chi connectivity index (χ0n) is 35.1. The maximum atomic E-state index is 7.14. The summed E-state index contributed by atoms with van der Waals surface area (Å²) in [5, 5.41) is 4.96. The largest absolute Gasteiger partial charge is 0.458 e. The second-order valence-corrected chi connectivity index (χ2v) is 17.6. The Balaban J connectivity index is 1.02. The maximum Gasteiger partial charge on any atom is 0.257 e. The van der Waals surface area contributed by atoms with Crippen molar-refractivity contribution < 1.29 is 4.74 Å². The molecule has 0 N–H and O–H groups in total. The van der Waals surface area contributed by atoms with Gasteiger partial charge in [-0.2, -0.15) is 0 Å². The number of hydrogen-bond donors (Lipinski definition) is 0. The lowest BCUT2D eigenvalue weighted by atomic mass is 9.33. The normalized spacial score (nSPS) is 13.7. The topological polar surface area (TPSA) is 15.7 Å². The highest BCUT2D eigenvalue weighted by Crippen LogP contribution is 2.56. The van der Waals surface area contributed by atoms with Crippen LogP contribution in [0.1, 0.15) is 25.0 Å². The fraction of sp³-hybridized carbons (Fsp3) is 0.0508. The monoisotopic (exact) mass is 804 g/mol. The van der Waals surface area contributed by atoms with Gasteiger partial charge in [-0.3, -0.25) is 0 Å². The van der Waals surface area contributed by atoms with E-state index in [9.17, 15) is 0 Å². The van der Waals surface area contributed by atoms with Gasteiger partial charge in [0, 0.05) is 39.2 Å². The van der Waals surface area contributed by atoms with Gasteiger partial charge in [0.05, 0.1) is 5.69 Å². The molecule has 0 atom stereocenters. The molecule has 10 aromatic carbocycles. The summed E-state index contributed by atoms with van der Waals surface area (Å²) in [5.41, 5.74) is 17.9. The minimum atomic E-state index is -0.315. The Morgan fingerprint density at radius 1 is 0.476 bits per heavy atom. The summed E-state index contributed by atoms with van der Waals surface area (Å²) in [6, 6.07) is 77.6. The lowest BCUT2D eigenvalue weighted by Crippen LogP contribution is -2.59. The van der Waals surface area contributed by atoms with Crippen LogP contribution in [0.15, 0.2) is 212 Å². The highest BCUT2D eigenvalue weighted by atomic mass is 16.5. The van der Waals surface area contributed by atoms with Crippen molar-refractivity contribution in [2.45, 2.75) is 19.3 Å². The number of hydrogen-bond acceptors (Lipinski definition) is 3. The maximum absolute atomic E-state index is 7.14. The van der Waals surface area contributed by atoms with Crippen LogP contribution in [-0.2, 0) is 5.41 Å². The number of rotatable bonds is 5. The van der Waals surface area contributed by atoms with Crippen LogP contribution in [-0.4, -0.2) is 6.71 Å². The molecule has 0 radical (unpaired) electrons. The second-order valence-electron chi connectivity index (χ2n) is 17.6. The number of benzene rings is 10. The molecule has 2 heterocycles. The highest BCUT2D eigenvalue weighted by Gasteiger charge is 2.46. The lowest BCUT2D eigenvalue weighted by Gasteiger charge is -2.40. The molecule has 3 nitrogen and oxygen atoms in total. The number of nitrogens with zero attached hydrogens (tertiary/aromatic N) is 2. The van der Waals surface area contributed by atoms with E-state index in [1.165, 1.54) is 77.0 Å². The van der Waals surface area contributed by atoms with Crippen molar-refractivity contribution in [3.8, 4) is 33.8 Å². The van der Waals surface area contributed by atoms with Gasteiger partial charge in [0.2, 0.25) is 0 Å². The molecule has 0 bridgehead atoms. The van der Waals surface area contributed by atoms with Crippen LogP contribution in [0.5, 0.6) is 11.5 Å². The molecule has 13 rings (SSSR count). The minimum absolute atomic E-state index is 0.0226. The standard InChI is InChI=1S/C59H41BN2O/c1-59(2)48-36-50-55(63-54-28-16-27-51-58(54)60(50)57-44-24-13-12-19-40(44)31-34-52(57)62(51)42-22-10-5-11-23-42)35-47(48)56-46-26-15-14-25-45(46)53(37-49(56)59)61(41-20-8-4-9-21-41)43-32-29-39(30-33-43)38-17-6-3-7-18-38/h3-37H,1-2H3. The van der Waals surface area contributed by atoms with Crippen molar-refractivity contribution in [2.24, 2.45) is 0 Å². The Kier molecular flexibility index (Phi) is 7.75. The van der Waals surface area contributed by atoms with Crippen molar-refractivity contribution in [2.75, 3.05) is 9.80 Å². The van der Waals surface area contributed by atoms with E-state index in [2.05, 4.69) is 236 Å². The van der Waals surface area contributed by atoms with E-state index in [1.807, 2.05) is 0 Å². The van der Waals surface area contributed by atoms with E-state index in [0.717, 1.165) is 39.9 Å². The van der Waals surface area contributed by atoms with Crippen LogP contribution in [0.25, 0.3) is 43.8 Å². The van der Waals surface area contributed by atoms with Gasteiger partial charge >= 0.3 is 0 Å². The molecule has 0 spiro atoms. The fourth-order valence-corrected chi connectivity index (χ4v) is 11.0. The van der Waals surface area contributed by atoms with Gasteiger partial charge in [0.25, 0.3) is 6.71 Å². The smallest absolute Gasteiger partial charge is 0.257 e. The molecule has 10 aromatic rings. The first-order valence-corrected chi connectivity index (χ1v) is 22.0. The van der Waals surface area contributed by atoms with Crippen LogP contribution in [0, 0.1) is 0 Å². The van der Waals surface area contributed by atoms with Gasteiger partial charge in [0.1, 0.15) is 11.5 Å². The number of anilines is 6. The van der Waals surface area contributed by atoms with Crippen molar-refractivity contribution in [1.29, 1.82) is 0 Å². The SMILES string of the molecule is CC1(C)c2cc3c(cc2-c2c1cc(N(c1ccccc1)c1ccc(-c4ccccc4)cc1)c1ccccc21)Oc1cccc2c1B3c1c(ccc3ccccc13)N2c1ccccc1. The Morgan fingerprint density at radius 2 is 1.11 bits per heavy atom. The quantitative estimate of drug-likeness (QED) is 0.161. The summed E-state index contributed by atoms with van der Waals surface area (Å²) in [6.45, 7) is 4.80. The zero-order valence-corrected chi connectivity index (χ0v) is 35.1. The first-order chi connectivity index (χ1) is 31.0. The molecular formula is C59H41BN2O. The third kappa shape index (κ3) is 5.28.